The van der Waals surface area contributed by atoms with Crippen molar-refractivity contribution in [2.45, 2.75) is 37.6 Å². The lowest BCUT2D eigenvalue weighted by molar-refractivity contribution is -0.139. The second kappa shape index (κ2) is 11.0. The molecule has 2 heterocycles. The summed E-state index contributed by atoms with van der Waals surface area (Å²) in [6.45, 7) is 3.72. The molecule has 2 N–H and O–H groups in total. The maximum absolute atomic E-state index is 14.3. The number of ether oxygens (including phenoxy) is 1. The third-order valence-corrected chi connectivity index (χ3v) is 8.82. The number of carbonyl (C=O) groups is 3. The third kappa shape index (κ3) is 5.22. The van der Waals surface area contributed by atoms with Crippen molar-refractivity contribution in [1.29, 1.82) is 0 Å². The van der Waals surface area contributed by atoms with E-state index < -0.39 is 22.8 Å². The van der Waals surface area contributed by atoms with Gasteiger partial charge in [-0.1, -0.05) is 57.3 Å². The van der Waals surface area contributed by atoms with Gasteiger partial charge in [-0.15, -0.1) is 0 Å². The molecule has 1 saturated heterocycles. The molecule has 0 radical (unpaired) electrons. The Morgan fingerprint density at radius 2 is 1.80 bits per heavy atom. The molecule has 0 aliphatic carbocycles. The molecule has 10 heteroatoms. The predicted octanol–water partition coefficient (Wildman–Crippen LogP) is 6.48. The van der Waals surface area contributed by atoms with Gasteiger partial charge in [-0.25, -0.2) is 0 Å². The molecule has 0 unspecified atom stereocenters. The number of fused-ring (bicyclic) bond motifs is 2. The normalized spacial score (nSPS) is 21.7. The number of carbonyl (C=O) groups excluding carboxylic acids is 3. The number of rotatable bonds is 6. The van der Waals surface area contributed by atoms with Crippen LogP contribution in [0.15, 0.2) is 65.1 Å². The summed E-state index contributed by atoms with van der Waals surface area (Å²) in [4.78, 5) is 42.1. The number of amides is 3. The first-order valence-electron chi connectivity index (χ1n) is 13.1. The SMILES string of the molecule is CN(C)C(=O)C(C)(C)COc1ccc(Br)cc1[C@H]1NC(=O)C[C@@H](c2cccc(Cl)c2)[C@]12C(=O)Nc1cc(Cl)ccc12. The van der Waals surface area contributed by atoms with Crippen molar-refractivity contribution in [2.24, 2.45) is 5.41 Å². The molecule has 1 spiro atoms. The molecule has 214 valence electrons. The first-order chi connectivity index (χ1) is 19.3. The number of anilines is 1. The molecule has 2 aliphatic rings. The van der Waals surface area contributed by atoms with E-state index in [9.17, 15) is 14.4 Å². The standard InChI is InChI=1S/C31H30BrCl2N3O4/c1-30(2,29(40)37(3)4)16-41-25-11-8-18(32)13-21(25)27-31(22-10-9-20(34)14-24(22)35-28(31)39)23(15-26(38)36-27)17-6-5-7-19(33)12-17/h5-14,23,27H,15-16H2,1-4H3,(H,35,39)(H,36,38)/t23-,27+,31-/m0/s1. The summed E-state index contributed by atoms with van der Waals surface area (Å²) in [7, 11) is 3.41. The van der Waals surface area contributed by atoms with Crippen molar-refractivity contribution in [3.63, 3.8) is 0 Å². The summed E-state index contributed by atoms with van der Waals surface area (Å²) < 4.78 is 7.07. The number of nitrogens with one attached hydrogen (secondary N) is 2. The molecule has 3 atom stereocenters. The van der Waals surface area contributed by atoms with Crippen molar-refractivity contribution in [3.8, 4) is 5.75 Å². The van der Waals surface area contributed by atoms with Crippen molar-refractivity contribution in [2.75, 3.05) is 26.0 Å². The minimum absolute atomic E-state index is 0.0703. The minimum Gasteiger partial charge on any atom is -0.492 e. The zero-order valence-corrected chi connectivity index (χ0v) is 26.2. The number of benzene rings is 3. The van der Waals surface area contributed by atoms with Crippen LogP contribution in [0.25, 0.3) is 0 Å². The van der Waals surface area contributed by atoms with E-state index in [4.69, 9.17) is 27.9 Å². The Morgan fingerprint density at radius 1 is 1.07 bits per heavy atom. The topological polar surface area (TPSA) is 87.7 Å². The second-order valence-electron chi connectivity index (χ2n) is 11.4. The van der Waals surface area contributed by atoms with Crippen LogP contribution in [0.3, 0.4) is 0 Å². The monoisotopic (exact) mass is 657 g/mol. The van der Waals surface area contributed by atoms with Crippen LogP contribution in [0.5, 0.6) is 5.75 Å². The lowest BCUT2D eigenvalue weighted by Gasteiger charge is -2.46. The van der Waals surface area contributed by atoms with E-state index in [1.54, 1.807) is 44.4 Å². The zero-order chi connectivity index (χ0) is 29.7. The Balaban J connectivity index is 1.71. The summed E-state index contributed by atoms with van der Waals surface area (Å²) in [5.74, 6) is -0.658. The van der Waals surface area contributed by atoms with Crippen LogP contribution in [0.1, 0.15) is 48.9 Å². The molecular weight excluding hydrogens is 629 g/mol. The number of hydrogen-bond acceptors (Lipinski definition) is 4. The maximum Gasteiger partial charge on any atom is 0.238 e. The average molecular weight is 659 g/mol. The molecule has 3 aromatic carbocycles. The van der Waals surface area contributed by atoms with E-state index in [0.29, 0.717) is 27.0 Å². The molecule has 0 saturated carbocycles. The first kappa shape index (κ1) is 29.4. The van der Waals surface area contributed by atoms with Crippen LogP contribution in [0, 0.1) is 5.41 Å². The van der Waals surface area contributed by atoms with Gasteiger partial charge >= 0.3 is 0 Å². The van der Waals surface area contributed by atoms with Gasteiger partial charge in [-0.2, -0.15) is 0 Å². The Morgan fingerprint density at radius 3 is 2.51 bits per heavy atom. The highest BCUT2D eigenvalue weighted by molar-refractivity contribution is 9.10. The molecule has 0 aromatic heterocycles. The van der Waals surface area contributed by atoms with E-state index in [1.165, 1.54) is 4.90 Å². The fourth-order valence-electron chi connectivity index (χ4n) is 6.07. The molecule has 0 bridgehead atoms. The summed E-state index contributed by atoms with van der Waals surface area (Å²) in [5, 5.41) is 7.16. The Kier molecular flexibility index (Phi) is 7.87. The van der Waals surface area contributed by atoms with E-state index in [2.05, 4.69) is 26.6 Å². The molecule has 3 aromatic rings. The number of nitrogens with zero attached hydrogens (tertiary/aromatic N) is 1. The van der Waals surface area contributed by atoms with E-state index in [0.717, 1.165) is 15.6 Å². The van der Waals surface area contributed by atoms with Crippen LogP contribution in [-0.2, 0) is 19.8 Å². The van der Waals surface area contributed by atoms with E-state index in [-0.39, 0.29) is 30.7 Å². The van der Waals surface area contributed by atoms with Crippen LogP contribution in [0.2, 0.25) is 10.0 Å². The highest BCUT2D eigenvalue weighted by atomic mass is 79.9. The van der Waals surface area contributed by atoms with E-state index >= 15 is 0 Å². The summed E-state index contributed by atoms with van der Waals surface area (Å²) in [5.41, 5.74) is 0.600. The Labute approximate surface area is 257 Å². The van der Waals surface area contributed by atoms with Crippen molar-refractivity contribution in [3.05, 3.63) is 91.9 Å². The number of halogens is 3. The quantitative estimate of drug-likeness (QED) is 0.317. The zero-order valence-electron chi connectivity index (χ0n) is 23.1. The fraction of sp³-hybridized carbons (Fsp3) is 0.323. The van der Waals surface area contributed by atoms with Gasteiger partial charge in [0.1, 0.15) is 17.8 Å². The number of hydrogen-bond donors (Lipinski definition) is 2. The van der Waals surface area contributed by atoms with Crippen molar-refractivity contribution in [1.82, 2.24) is 10.2 Å². The lowest BCUT2D eigenvalue weighted by atomic mass is 9.59. The fourth-order valence-corrected chi connectivity index (χ4v) is 6.82. The van der Waals surface area contributed by atoms with Crippen LogP contribution >= 0.6 is 39.1 Å². The van der Waals surface area contributed by atoms with Gasteiger partial charge in [-0.3, -0.25) is 14.4 Å². The summed E-state index contributed by atoms with van der Waals surface area (Å²) in [6, 6.07) is 17.2. The van der Waals surface area contributed by atoms with E-state index in [1.807, 2.05) is 44.2 Å². The highest BCUT2D eigenvalue weighted by Crippen LogP contribution is 2.58. The van der Waals surface area contributed by atoms with Gasteiger partial charge in [0.15, 0.2) is 0 Å². The van der Waals surface area contributed by atoms with Gasteiger partial charge < -0.3 is 20.3 Å². The van der Waals surface area contributed by atoms with Gasteiger partial charge in [0.05, 0.1) is 11.5 Å². The molecule has 2 aliphatic heterocycles. The molecule has 5 rings (SSSR count). The molecular formula is C31H30BrCl2N3O4. The third-order valence-electron chi connectivity index (χ3n) is 7.86. The van der Waals surface area contributed by atoms with Gasteiger partial charge in [0, 0.05) is 52.2 Å². The lowest BCUT2D eigenvalue weighted by Crippen LogP contribution is -2.57. The molecule has 41 heavy (non-hydrogen) atoms. The molecule has 3 amide bonds. The van der Waals surface area contributed by atoms with Crippen molar-refractivity contribution >= 4 is 62.5 Å². The summed E-state index contributed by atoms with van der Waals surface area (Å²) in [6.07, 6.45) is 0.0703. The van der Waals surface area contributed by atoms with Crippen LogP contribution in [0.4, 0.5) is 5.69 Å². The van der Waals surface area contributed by atoms with Crippen LogP contribution in [-0.4, -0.2) is 43.3 Å². The Bertz CT molecular complexity index is 1560. The molecule has 1 fully saturated rings. The predicted molar refractivity (Wildman–Crippen MR) is 164 cm³/mol. The molecule has 7 nitrogen and oxygen atoms in total. The largest absolute Gasteiger partial charge is 0.492 e. The summed E-state index contributed by atoms with van der Waals surface area (Å²) >= 11 is 16.3. The average Bonchev–Trinajstić information content (AvgIpc) is 3.19. The second-order valence-corrected chi connectivity index (χ2v) is 13.2. The van der Waals surface area contributed by atoms with Crippen molar-refractivity contribution < 1.29 is 19.1 Å². The highest BCUT2D eigenvalue weighted by Gasteiger charge is 2.61. The van der Waals surface area contributed by atoms with Gasteiger partial charge in [0.25, 0.3) is 0 Å². The number of piperidine rings is 1. The van der Waals surface area contributed by atoms with Gasteiger partial charge in [0.2, 0.25) is 17.7 Å². The first-order valence-corrected chi connectivity index (χ1v) is 14.7. The smallest absolute Gasteiger partial charge is 0.238 e. The Hall–Kier alpha value is -3.07. The van der Waals surface area contributed by atoms with Gasteiger partial charge in [-0.05, 0) is 67.4 Å². The maximum atomic E-state index is 14.3. The van der Waals surface area contributed by atoms with Crippen LogP contribution < -0.4 is 15.4 Å². The minimum atomic E-state index is -1.26.